The molecule has 1 amide bonds. The summed E-state index contributed by atoms with van der Waals surface area (Å²) in [7, 11) is 0. The zero-order valence-electron chi connectivity index (χ0n) is 8.29. The second-order valence-electron chi connectivity index (χ2n) is 3.62. The fraction of sp³-hybridized carbons (Fsp3) is 0.364. The Morgan fingerprint density at radius 2 is 2.27 bits per heavy atom. The predicted molar refractivity (Wildman–Crippen MR) is 68.8 cm³/mol. The molecule has 4 heteroatoms. The first kappa shape index (κ1) is 10.9. The van der Waals surface area contributed by atoms with Crippen LogP contribution in [0.3, 0.4) is 0 Å². The maximum Gasteiger partial charge on any atom is 0.241 e. The van der Waals surface area contributed by atoms with Crippen molar-refractivity contribution in [2.24, 2.45) is 0 Å². The van der Waals surface area contributed by atoms with Gasteiger partial charge in [-0.3, -0.25) is 4.79 Å². The Morgan fingerprint density at radius 1 is 1.47 bits per heavy atom. The summed E-state index contributed by atoms with van der Waals surface area (Å²) in [5.41, 5.74) is 0.900. The summed E-state index contributed by atoms with van der Waals surface area (Å²) in [6.45, 7) is 0.948. The van der Waals surface area contributed by atoms with Gasteiger partial charge in [0.2, 0.25) is 5.91 Å². The van der Waals surface area contributed by atoms with Crippen molar-refractivity contribution in [1.82, 2.24) is 5.32 Å². The van der Waals surface area contributed by atoms with E-state index in [9.17, 15) is 4.79 Å². The van der Waals surface area contributed by atoms with E-state index >= 15 is 0 Å². The molecule has 15 heavy (non-hydrogen) atoms. The zero-order valence-corrected chi connectivity index (χ0v) is 10.5. The van der Waals surface area contributed by atoms with Gasteiger partial charge in [0.15, 0.2) is 0 Å². The molecular formula is C11H13IN2O. The third kappa shape index (κ3) is 2.69. The van der Waals surface area contributed by atoms with Crippen LogP contribution in [-0.4, -0.2) is 18.5 Å². The van der Waals surface area contributed by atoms with Crippen LogP contribution in [0.5, 0.6) is 0 Å². The Balaban J connectivity index is 2.02. The molecule has 3 nitrogen and oxygen atoms in total. The molecule has 1 aromatic rings. The average Bonchev–Trinajstić information content (AvgIpc) is 2.74. The van der Waals surface area contributed by atoms with Gasteiger partial charge in [0, 0.05) is 3.57 Å². The Morgan fingerprint density at radius 3 is 2.93 bits per heavy atom. The number of anilines is 1. The maximum atomic E-state index is 11.8. The topological polar surface area (TPSA) is 41.1 Å². The molecule has 80 valence electrons. The van der Waals surface area contributed by atoms with Crippen LogP contribution < -0.4 is 10.6 Å². The monoisotopic (exact) mass is 316 g/mol. The largest absolute Gasteiger partial charge is 0.324 e. The number of amides is 1. The minimum absolute atomic E-state index is 0.0130. The van der Waals surface area contributed by atoms with E-state index in [0.29, 0.717) is 0 Å². The van der Waals surface area contributed by atoms with E-state index in [4.69, 9.17) is 0 Å². The van der Waals surface area contributed by atoms with Crippen LogP contribution in [0.15, 0.2) is 24.3 Å². The fourth-order valence-corrected chi connectivity index (χ4v) is 2.21. The molecule has 1 fully saturated rings. The minimum atomic E-state index is -0.0130. The summed E-state index contributed by atoms with van der Waals surface area (Å²) < 4.78 is 1.07. The summed E-state index contributed by atoms with van der Waals surface area (Å²) in [5.74, 6) is 0.0802. The minimum Gasteiger partial charge on any atom is -0.324 e. The molecule has 0 aromatic heterocycles. The first-order valence-corrected chi connectivity index (χ1v) is 6.14. The quantitative estimate of drug-likeness (QED) is 0.819. The van der Waals surface area contributed by atoms with Crippen LogP contribution >= 0.6 is 22.6 Å². The number of hydrogen-bond acceptors (Lipinski definition) is 2. The van der Waals surface area contributed by atoms with Gasteiger partial charge in [-0.1, -0.05) is 12.1 Å². The maximum absolute atomic E-state index is 11.8. The highest BCUT2D eigenvalue weighted by Gasteiger charge is 2.22. The van der Waals surface area contributed by atoms with Crippen molar-refractivity contribution in [1.29, 1.82) is 0 Å². The first-order chi connectivity index (χ1) is 7.27. The van der Waals surface area contributed by atoms with Crippen molar-refractivity contribution in [2.45, 2.75) is 18.9 Å². The molecular weight excluding hydrogens is 303 g/mol. The lowest BCUT2D eigenvalue weighted by Gasteiger charge is -2.11. The number of rotatable bonds is 2. The molecule has 2 rings (SSSR count). The number of halogens is 1. The van der Waals surface area contributed by atoms with Gasteiger partial charge in [-0.25, -0.2) is 0 Å². The van der Waals surface area contributed by atoms with E-state index in [2.05, 4.69) is 33.2 Å². The van der Waals surface area contributed by atoms with Crippen LogP contribution in [0, 0.1) is 3.57 Å². The van der Waals surface area contributed by atoms with Gasteiger partial charge in [0.1, 0.15) is 0 Å². The fourth-order valence-electron chi connectivity index (χ4n) is 1.69. The smallest absolute Gasteiger partial charge is 0.241 e. The molecule has 0 aliphatic carbocycles. The van der Waals surface area contributed by atoms with Crippen LogP contribution in [0.2, 0.25) is 0 Å². The van der Waals surface area contributed by atoms with Gasteiger partial charge in [-0.15, -0.1) is 0 Å². The number of hydrogen-bond donors (Lipinski definition) is 2. The number of para-hydroxylation sites is 1. The highest BCUT2D eigenvalue weighted by molar-refractivity contribution is 14.1. The third-order valence-corrected chi connectivity index (χ3v) is 3.45. The van der Waals surface area contributed by atoms with Crippen molar-refractivity contribution in [3.05, 3.63) is 27.8 Å². The third-order valence-electron chi connectivity index (χ3n) is 2.51. The van der Waals surface area contributed by atoms with Gasteiger partial charge in [0.25, 0.3) is 0 Å². The molecule has 1 atom stereocenters. The van der Waals surface area contributed by atoms with Crippen LogP contribution in [0.4, 0.5) is 5.69 Å². The summed E-state index contributed by atoms with van der Waals surface area (Å²) >= 11 is 2.22. The lowest BCUT2D eigenvalue weighted by Crippen LogP contribution is -2.35. The van der Waals surface area contributed by atoms with E-state index in [1.807, 2.05) is 24.3 Å². The summed E-state index contributed by atoms with van der Waals surface area (Å²) in [6.07, 6.45) is 2.03. The SMILES string of the molecule is O=C(Nc1ccccc1I)C1CCCN1. The van der Waals surface area contributed by atoms with E-state index in [1.54, 1.807) is 0 Å². The highest BCUT2D eigenvalue weighted by atomic mass is 127. The lowest BCUT2D eigenvalue weighted by atomic mass is 10.2. The lowest BCUT2D eigenvalue weighted by molar-refractivity contribution is -0.117. The first-order valence-electron chi connectivity index (χ1n) is 5.06. The molecule has 1 saturated heterocycles. The molecule has 0 radical (unpaired) electrons. The van der Waals surface area contributed by atoms with Crippen LogP contribution in [0.25, 0.3) is 0 Å². The van der Waals surface area contributed by atoms with Gasteiger partial charge in [-0.2, -0.15) is 0 Å². The van der Waals surface area contributed by atoms with Crippen LogP contribution in [0.1, 0.15) is 12.8 Å². The summed E-state index contributed by atoms with van der Waals surface area (Å²) in [5, 5.41) is 6.12. The second-order valence-corrected chi connectivity index (χ2v) is 4.78. The average molecular weight is 316 g/mol. The van der Waals surface area contributed by atoms with Gasteiger partial charge in [-0.05, 0) is 54.1 Å². The summed E-state index contributed by atoms with van der Waals surface area (Å²) in [6, 6.07) is 7.79. The Kier molecular flexibility index (Phi) is 3.58. The molecule has 1 heterocycles. The van der Waals surface area contributed by atoms with E-state index in [1.165, 1.54) is 0 Å². The Hall–Kier alpha value is -0.620. The number of carbonyl (C=O) groups is 1. The van der Waals surface area contributed by atoms with Crippen molar-refractivity contribution in [2.75, 3.05) is 11.9 Å². The molecule has 1 aliphatic rings. The molecule has 1 unspecified atom stereocenters. The number of nitrogens with one attached hydrogen (secondary N) is 2. The van der Waals surface area contributed by atoms with Gasteiger partial charge >= 0.3 is 0 Å². The standard InChI is InChI=1S/C11H13IN2O/c12-8-4-1-2-5-9(8)14-11(15)10-6-3-7-13-10/h1-2,4-5,10,13H,3,6-7H2,(H,14,15). The van der Waals surface area contributed by atoms with Gasteiger partial charge in [0.05, 0.1) is 11.7 Å². The summed E-state index contributed by atoms with van der Waals surface area (Å²) in [4.78, 5) is 11.8. The van der Waals surface area contributed by atoms with Crippen LogP contribution in [-0.2, 0) is 4.79 Å². The van der Waals surface area contributed by atoms with Crippen molar-refractivity contribution < 1.29 is 4.79 Å². The second kappa shape index (κ2) is 4.94. The number of carbonyl (C=O) groups excluding carboxylic acids is 1. The van der Waals surface area contributed by atoms with Gasteiger partial charge < -0.3 is 10.6 Å². The van der Waals surface area contributed by atoms with E-state index < -0.39 is 0 Å². The highest BCUT2D eigenvalue weighted by Crippen LogP contribution is 2.18. The number of benzene rings is 1. The molecule has 0 saturated carbocycles. The van der Waals surface area contributed by atoms with E-state index in [-0.39, 0.29) is 11.9 Å². The predicted octanol–water partition coefficient (Wildman–Crippen LogP) is 1.98. The molecule has 0 bridgehead atoms. The molecule has 2 N–H and O–H groups in total. The van der Waals surface area contributed by atoms with Crippen molar-refractivity contribution in [3.63, 3.8) is 0 Å². The van der Waals surface area contributed by atoms with E-state index in [0.717, 1.165) is 28.6 Å². The zero-order chi connectivity index (χ0) is 10.7. The Bertz CT molecular complexity index is 361. The van der Waals surface area contributed by atoms with Crippen molar-refractivity contribution >= 4 is 34.2 Å². The van der Waals surface area contributed by atoms with Crippen molar-refractivity contribution in [3.8, 4) is 0 Å². The molecule has 0 spiro atoms. The normalized spacial score (nSPS) is 20.2. The Labute approximate surface area is 103 Å². The molecule has 1 aliphatic heterocycles. The molecule has 1 aromatic carbocycles.